The van der Waals surface area contributed by atoms with Crippen LogP contribution in [-0.4, -0.2) is 16.8 Å². The van der Waals surface area contributed by atoms with Crippen LogP contribution in [0.5, 0.6) is 0 Å². The van der Waals surface area contributed by atoms with Gasteiger partial charge in [0.15, 0.2) is 10.9 Å². The maximum atomic E-state index is 11.9. The average molecular weight is 303 g/mol. The number of carbonyl (C=O) groups excluding carboxylic acids is 2. The molecule has 0 aliphatic rings. The van der Waals surface area contributed by atoms with E-state index in [9.17, 15) is 9.59 Å². The van der Waals surface area contributed by atoms with Crippen molar-refractivity contribution in [2.45, 2.75) is 26.7 Å². The third kappa shape index (κ3) is 4.13. The Morgan fingerprint density at radius 3 is 2.62 bits per heavy atom. The minimum atomic E-state index is -0.375. The number of ketones is 1. The molecule has 2 N–H and O–H groups in total. The first kappa shape index (κ1) is 15.2. The van der Waals surface area contributed by atoms with E-state index in [1.807, 2.05) is 19.2 Å². The molecule has 2 rings (SSSR count). The van der Waals surface area contributed by atoms with Gasteiger partial charge in [0.25, 0.3) is 0 Å². The van der Waals surface area contributed by atoms with E-state index in [1.165, 1.54) is 18.3 Å². The van der Waals surface area contributed by atoms with Gasteiger partial charge in [-0.3, -0.25) is 10.1 Å². The van der Waals surface area contributed by atoms with Crippen LogP contribution in [0.25, 0.3) is 0 Å². The Balaban J connectivity index is 2.01. The predicted octanol–water partition coefficient (Wildman–Crippen LogP) is 4.11. The Bertz CT molecular complexity index is 664. The number of rotatable bonds is 4. The quantitative estimate of drug-likeness (QED) is 0.835. The van der Waals surface area contributed by atoms with E-state index in [0.717, 1.165) is 5.69 Å². The second-order valence-electron chi connectivity index (χ2n) is 4.95. The molecule has 6 heteroatoms. The molecule has 0 spiro atoms. The highest BCUT2D eigenvalue weighted by molar-refractivity contribution is 7.13. The fourth-order valence-corrected chi connectivity index (χ4v) is 2.55. The van der Waals surface area contributed by atoms with Gasteiger partial charge in [0.1, 0.15) is 0 Å². The monoisotopic (exact) mass is 303 g/mol. The number of amides is 2. The van der Waals surface area contributed by atoms with E-state index < -0.39 is 0 Å². The molecule has 110 valence electrons. The molecule has 2 aromatic rings. The van der Waals surface area contributed by atoms with E-state index in [1.54, 1.807) is 24.3 Å². The van der Waals surface area contributed by atoms with E-state index in [4.69, 9.17) is 0 Å². The summed E-state index contributed by atoms with van der Waals surface area (Å²) in [6.07, 6.45) is 0. The van der Waals surface area contributed by atoms with E-state index in [0.29, 0.717) is 22.3 Å². The molecule has 0 atom stereocenters. The third-order valence-electron chi connectivity index (χ3n) is 2.86. The lowest BCUT2D eigenvalue weighted by Gasteiger charge is -2.06. The smallest absolute Gasteiger partial charge is 0.308 e. The van der Waals surface area contributed by atoms with Crippen molar-refractivity contribution in [3.8, 4) is 0 Å². The number of hydrogen-bond donors (Lipinski definition) is 2. The van der Waals surface area contributed by atoms with Crippen LogP contribution >= 0.6 is 11.3 Å². The number of thiazole rings is 1. The van der Waals surface area contributed by atoms with Crippen molar-refractivity contribution < 1.29 is 9.59 Å². The van der Waals surface area contributed by atoms with Gasteiger partial charge in [0.05, 0.1) is 5.69 Å². The van der Waals surface area contributed by atoms with Gasteiger partial charge in [-0.2, -0.15) is 0 Å². The summed E-state index contributed by atoms with van der Waals surface area (Å²) in [6, 6.07) is 6.44. The molecule has 1 heterocycles. The van der Waals surface area contributed by atoms with E-state index >= 15 is 0 Å². The van der Waals surface area contributed by atoms with Crippen molar-refractivity contribution in [3.63, 3.8) is 0 Å². The van der Waals surface area contributed by atoms with Crippen LogP contribution in [0.15, 0.2) is 29.6 Å². The highest BCUT2D eigenvalue weighted by Crippen LogP contribution is 2.21. The summed E-state index contributed by atoms with van der Waals surface area (Å²) in [5, 5.41) is 7.86. The van der Waals surface area contributed by atoms with Crippen LogP contribution in [0, 0.1) is 0 Å². The Hall–Kier alpha value is -2.21. The molecule has 0 aliphatic heterocycles. The van der Waals surface area contributed by atoms with Gasteiger partial charge < -0.3 is 5.32 Å². The topological polar surface area (TPSA) is 71.1 Å². The number of carbonyl (C=O) groups is 2. The molecule has 0 radical (unpaired) electrons. The average Bonchev–Trinajstić information content (AvgIpc) is 2.87. The predicted molar refractivity (Wildman–Crippen MR) is 85.3 cm³/mol. The molecular formula is C15H17N3O2S. The maximum Gasteiger partial charge on any atom is 0.325 e. The lowest BCUT2D eigenvalue weighted by molar-refractivity contribution is 0.101. The molecule has 0 fully saturated rings. The first-order valence-electron chi connectivity index (χ1n) is 6.60. The maximum absolute atomic E-state index is 11.9. The highest BCUT2D eigenvalue weighted by Gasteiger charge is 2.09. The molecule has 1 aromatic heterocycles. The van der Waals surface area contributed by atoms with Crippen LogP contribution in [0.1, 0.15) is 42.7 Å². The summed E-state index contributed by atoms with van der Waals surface area (Å²) < 4.78 is 0. The first-order chi connectivity index (χ1) is 9.95. The zero-order chi connectivity index (χ0) is 15.4. The zero-order valence-corrected chi connectivity index (χ0v) is 13.0. The summed E-state index contributed by atoms with van der Waals surface area (Å²) in [6.45, 7) is 5.58. The van der Waals surface area contributed by atoms with Crippen molar-refractivity contribution >= 4 is 34.0 Å². The van der Waals surface area contributed by atoms with Crippen LogP contribution in [0.3, 0.4) is 0 Å². The summed E-state index contributed by atoms with van der Waals surface area (Å²) in [5.41, 5.74) is 2.08. The molecule has 0 aliphatic carbocycles. The van der Waals surface area contributed by atoms with Crippen molar-refractivity contribution in [1.82, 2.24) is 4.98 Å². The first-order valence-corrected chi connectivity index (χ1v) is 7.48. The minimum Gasteiger partial charge on any atom is -0.308 e. The Morgan fingerprint density at radius 2 is 2.00 bits per heavy atom. The summed E-state index contributed by atoms with van der Waals surface area (Å²) in [7, 11) is 0. The lowest BCUT2D eigenvalue weighted by atomic mass is 10.1. The van der Waals surface area contributed by atoms with Crippen LogP contribution in [0.2, 0.25) is 0 Å². The number of Topliss-reactive ketones (excluding diaryl/α,β-unsaturated/α-hetero) is 1. The van der Waals surface area contributed by atoms with Crippen LogP contribution in [-0.2, 0) is 0 Å². The molecule has 0 unspecified atom stereocenters. The number of nitrogens with zero attached hydrogens (tertiary/aromatic N) is 1. The van der Waals surface area contributed by atoms with Gasteiger partial charge in [0.2, 0.25) is 0 Å². The summed E-state index contributed by atoms with van der Waals surface area (Å²) in [5.74, 6) is 0.285. The SMILES string of the molecule is CC(=O)c1cccc(NC(=O)Nc2nc(C(C)C)cs2)c1. The number of anilines is 2. The zero-order valence-electron chi connectivity index (χ0n) is 12.1. The molecule has 0 bridgehead atoms. The number of nitrogens with one attached hydrogen (secondary N) is 2. The number of benzene rings is 1. The Morgan fingerprint density at radius 1 is 1.24 bits per heavy atom. The Kier molecular flexibility index (Phi) is 4.70. The lowest BCUT2D eigenvalue weighted by Crippen LogP contribution is -2.19. The van der Waals surface area contributed by atoms with Crippen molar-refractivity contribution in [1.29, 1.82) is 0 Å². The molecule has 0 saturated heterocycles. The van der Waals surface area contributed by atoms with Gasteiger partial charge in [-0.05, 0) is 25.0 Å². The van der Waals surface area contributed by atoms with Crippen molar-refractivity contribution in [2.24, 2.45) is 0 Å². The molecule has 5 nitrogen and oxygen atoms in total. The fraction of sp³-hybridized carbons (Fsp3) is 0.267. The molecule has 21 heavy (non-hydrogen) atoms. The van der Waals surface area contributed by atoms with Crippen molar-refractivity contribution in [3.05, 3.63) is 40.9 Å². The van der Waals surface area contributed by atoms with E-state index in [-0.39, 0.29) is 11.8 Å². The van der Waals surface area contributed by atoms with Gasteiger partial charge in [-0.25, -0.2) is 9.78 Å². The van der Waals surface area contributed by atoms with Crippen LogP contribution < -0.4 is 10.6 Å². The van der Waals surface area contributed by atoms with Gasteiger partial charge >= 0.3 is 6.03 Å². The van der Waals surface area contributed by atoms with Gasteiger partial charge in [-0.15, -0.1) is 11.3 Å². The Labute approximate surface area is 127 Å². The third-order valence-corrected chi connectivity index (χ3v) is 3.64. The number of aromatic nitrogens is 1. The molecular weight excluding hydrogens is 286 g/mol. The summed E-state index contributed by atoms with van der Waals surface area (Å²) in [4.78, 5) is 27.5. The van der Waals surface area contributed by atoms with Crippen LogP contribution in [0.4, 0.5) is 15.6 Å². The van der Waals surface area contributed by atoms with E-state index in [2.05, 4.69) is 15.6 Å². The second-order valence-corrected chi connectivity index (χ2v) is 5.81. The molecule has 2 amide bonds. The fourth-order valence-electron chi connectivity index (χ4n) is 1.68. The van der Waals surface area contributed by atoms with Gasteiger partial charge in [0, 0.05) is 16.6 Å². The molecule has 0 saturated carbocycles. The van der Waals surface area contributed by atoms with Gasteiger partial charge in [-0.1, -0.05) is 26.0 Å². The van der Waals surface area contributed by atoms with Crippen molar-refractivity contribution in [2.75, 3.05) is 10.6 Å². The largest absolute Gasteiger partial charge is 0.325 e. The second kappa shape index (κ2) is 6.49. The standard InChI is InChI=1S/C15H17N3O2S/c1-9(2)13-8-21-15(17-13)18-14(20)16-12-6-4-5-11(7-12)10(3)19/h4-9H,1-3H3,(H2,16,17,18,20). The molecule has 1 aromatic carbocycles. The highest BCUT2D eigenvalue weighted by atomic mass is 32.1. The normalized spacial score (nSPS) is 10.5. The summed E-state index contributed by atoms with van der Waals surface area (Å²) >= 11 is 1.39. The number of hydrogen-bond acceptors (Lipinski definition) is 4. The number of urea groups is 1. The minimum absolute atomic E-state index is 0.0412.